The van der Waals surface area contributed by atoms with Crippen LogP contribution in [0.15, 0.2) is 36.4 Å². The van der Waals surface area contributed by atoms with Gasteiger partial charge in [-0.05, 0) is 48.7 Å². The van der Waals surface area contributed by atoms with Crippen LogP contribution in [0.5, 0.6) is 0 Å². The molecule has 20 heavy (non-hydrogen) atoms. The van der Waals surface area contributed by atoms with Crippen LogP contribution in [0.25, 0.3) is 0 Å². The van der Waals surface area contributed by atoms with E-state index < -0.39 is 11.4 Å². The molecule has 2 N–H and O–H groups in total. The van der Waals surface area contributed by atoms with Crippen LogP contribution in [0, 0.1) is 5.82 Å². The van der Waals surface area contributed by atoms with Crippen molar-refractivity contribution in [2.75, 3.05) is 0 Å². The molecule has 5 heteroatoms. The number of nitrogens with two attached hydrogens (primary N) is 1. The van der Waals surface area contributed by atoms with E-state index in [1.54, 1.807) is 19.1 Å². The van der Waals surface area contributed by atoms with Gasteiger partial charge in [0.1, 0.15) is 5.82 Å². The average molecular weight is 333 g/mol. The van der Waals surface area contributed by atoms with Crippen LogP contribution in [0.3, 0.4) is 0 Å². The molecular formula is C15H13Cl3FN. The lowest BCUT2D eigenvalue weighted by Gasteiger charge is -2.27. The van der Waals surface area contributed by atoms with Gasteiger partial charge in [0.15, 0.2) is 0 Å². The summed E-state index contributed by atoms with van der Waals surface area (Å²) in [7, 11) is 0. The van der Waals surface area contributed by atoms with Crippen molar-refractivity contribution in [3.63, 3.8) is 0 Å². The summed E-state index contributed by atoms with van der Waals surface area (Å²) in [5, 5.41) is 0.999. The maximum atomic E-state index is 13.6. The Morgan fingerprint density at radius 1 is 1.05 bits per heavy atom. The second-order valence-electron chi connectivity index (χ2n) is 4.97. The summed E-state index contributed by atoms with van der Waals surface area (Å²) in [5.41, 5.74) is 7.01. The third kappa shape index (κ3) is 3.44. The van der Waals surface area contributed by atoms with Gasteiger partial charge < -0.3 is 5.73 Å². The molecule has 0 saturated heterocycles. The van der Waals surface area contributed by atoms with E-state index in [9.17, 15) is 4.39 Å². The zero-order valence-corrected chi connectivity index (χ0v) is 13.0. The molecule has 0 aliphatic rings. The van der Waals surface area contributed by atoms with E-state index in [0.29, 0.717) is 22.0 Å². The zero-order chi connectivity index (χ0) is 14.9. The summed E-state index contributed by atoms with van der Waals surface area (Å²) >= 11 is 17.7. The highest BCUT2D eigenvalue weighted by atomic mass is 35.5. The Bertz CT molecular complexity index is 624. The van der Waals surface area contributed by atoms with E-state index in [2.05, 4.69) is 0 Å². The smallest absolute Gasteiger partial charge is 0.142 e. The van der Waals surface area contributed by atoms with Crippen LogP contribution >= 0.6 is 34.8 Å². The first kappa shape index (κ1) is 15.6. The van der Waals surface area contributed by atoms with Gasteiger partial charge in [-0.25, -0.2) is 4.39 Å². The first-order chi connectivity index (χ1) is 9.29. The Morgan fingerprint density at radius 2 is 1.65 bits per heavy atom. The van der Waals surface area contributed by atoms with Gasteiger partial charge in [-0.2, -0.15) is 0 Å². The Balaban J connectivity index is 2.34. The molecule has 2 aromatic carbocycles. The highest BCUT2D eigenvalue weighted by Gasteiger charge is 2.26. The maximum Gasteiger partial charge on any atom is 0.142 e. The van der Waals surface area contributed by atoms with Gasteiger partial charge in [-0.15, -0.1) is 0 Å². The Morgan fingerprint density at radius 3 is 2.25 bits per heavy atom. The molecule has 0 spiro atoms. The number of hydrogen-bond donors (Lipinski definition) is 1. The summed E-state index contributed by atoms with van der Waals surface area (Å²) in [6.45, 7) is 1.80. The molecule has 2 rings (SSSR count). The maximum absolute atomic E-state index is 13.6. The lowest BCUT2D eigenvalue weighted by atomic mass is 9.86. The monoisotopic (exact) mass is 331 g/mol. The third-order valence-corrected chi connectivity index (χ3v) is 3.96. The van der Waals surface area contributed by atoms with Gasteiger partial charge >= 0.3 is 0 Å². The molecule has 106 valence electrons. The van der Waals surface area contributed by atoms with Crippen molar-refractivity contribution in [3.8, 4) is 0 Å². The van der Waals surface area contributed by atoms with Crippen molar-refractivity contribution in [3.05, 3.63) is 68.4 Å². The van der Waals surface area contributed by atoms with Crippen molar-refractivity contribution < 1.29 is 4.39 Å². The average Bonchev–Trinajstić information content (AvgIpc) is 2.36. The van der Waals surface area contributed by atoms with Crippen LogP contribution in [0.1, 0.15) is 18.1 Å². The number of benzene rings is 2. The number of rotatable bonds is 3. The van der Waals surface area contributed by atoms with Gasteiger partial charge in [-0.1, -0.05) is 46.9 Å². The fourth-order valence-corrected chi connectivity index (χ4v) is 2.81. The van der Waals surface area contributed by atoms with E-state index in [4.69, 9.17) is 40.5 Å². The molecule has 1 unspecified atom stereocenters. The normalized spacial score (nSPS) is 14.1. The number of hydrogen-bond acceptors (Lipinski definition) is 1. The highest BCUT2D eigenvalue weighted by molar-refractivity contribution is 6.35. The van der Waals surface area contributed by atoms with Gasteiger partial charge in [0.05, 0.1) is 5.02 Å². The topological polar surface area (TPSA) is 26.0 Å². The molecular weight excluding hydrogens is 320 g/mol. The summed E-state index contributed by atoms with van der Waals surface area (Å²) in [6, 6.07) is 10.0. The standard InChI is InChI=1S/C15H13Cl3FN/c1-15(20,8-9-2-4-10(16)5-3-9)11-6-14(19)13(18)7-12(11)17/h2-7H,8,20H2,1H3. The van der Waals surface area contributed by atoms with E-state index >= 15 is 0 Å². The molecule has 0 bridgehead atoms. The van der Waals surface area contributed by atoms with Gasteiger partial charge in [0.2, 0.25) is 0 Å². The van der Waals surface area contributed by atoms with Crippen molar-refractivity contribution in [1.29, 1.82) is 0 Å². The molecule has 0 fully saturated rings. The number of halogens is 4. The van der Waals surface area contributed by atoms with Crippen LogP contribution in [-0.4, -0.2) is 0 Å². The molecule has 1 nitrogen and oxygen atoms in total. The van der Waals surface area contributed by atoms with Crippen molar-refractivity contribution in [1.82, 2.24) is 0 Å². The minimum absolute atomic E-state index is 0.0129. The highest BCUT2D eigenvalue weighted by Crippen LogP contribution is 2.33. The first-order valence-electron chi connectivity index (χ1n) is 5.98. The molecule has 0 saturated carbocycles. The molecule has 2 aromatic rings. The van der Waals surface area contributed by atoms with E-state index in [-0.39, 0.29) is 5.02 Å². The van der Waals surface area contributed by atoms with E-state index in [0.717, 1.165) is 5.56 Å². The molecule has 0 radical (unpaired) electrons. The summed E-state index contributed by atoms with van der Waals surface area (Å²) in [5.74, 6) is -0.529. The van der Waals surface area contributed by atoms with E-state index in [1.807, 2.05) is 12.1 Å². The van der Waals surface area contributed by atoms with Gasteiger partial charge in [0, 0.05) is 15.6 Å². The van der Waals surface area contributed by atoms with Crippen LogP contribution in [-0.2, 0) is 12.0 Å². The second kappa shape index (κ2) is 5.90. The Labute approximate surface area is 132 Å². The quantitative estimate of drug-likeness (QED) is 0.768. The third-order valence-electron chi connectivity index (χ3n) is 3.11. The molecule has 0 aliphatic heterocycles. The summed E-state index contributed by atoms with van der Waals surface area (Å²) in [4.78, 5) is 0. The lowest BCUT2D eigenvalue weighted by molar-refractivity contribution is 0.486. The Hall–Kier alpha value is -0.800. The minimum atomic E-state index is -0.809. The predicted octanol–water partition coefficient (Wildman–Crippen LogP) is 5.20. The van der Waals surface area contributed by atoms with Gasteiger partial charge in [-0.3, -0.25) is 0 Å². The largest absolute Gasteiger partial charge is 0.321 e. The SMILES string of the molecule is CC(N)(Cc1ccc(Cl)cc1)c1cc(F)c(Cl)cc1Cl. The molecule has 1 atom stereocenters. The molecule has 0 heterocycles. The van der Waals surface area contributed by atoms with Crippen molar-refractivity contribution >= 4 is 34.8 Å². The van der Waals surface area contributed by atoms with Gasteiger partial charge in [0.25, 0.3) is 0 Å². The van der Waals surface area contributed by atoms with Crippen molar-refractivity contribution in [2.24, 2.45) is 5.73 Å². The summed E-state index contributed by atoms with van der Waals surface area (Å²) < 4.78 is 13.6. The second-order valence-corrected chi connectivity index (χ2v) is 6.22. The van der Waals surface area contributed by atoms with Crippen LogP contribution in [0.4, 0.5) is 4.39 Å². The van der Waals surface area contributed by atoms with E-state index in [1.165, 1.54) is 12.1 Å². The molecule has 0 amide bonds. The lowest BCUT2D eigenvalue weighted by Crippen LogP contribution is -2.36. The van der Waals surface area contributed by atoms with Crippen LogP contribution < -0.4 is 5.73 Å². The molecule has 0 aliphatic carbocycles. The van der Waals surface area contributed by atoms with Crippen molar-refractivity contribution in [2.45, 2.75) is 18.9 Å². The summed E-state index contributed by atoms with van der Waals surface area (Å²) in [6.07, 6.45) is 0.505. The first-order valence-corrected chi connectivity index (χ1v) is 7.11. The molecule has 0 aromatic heterocycles. The fourth-order valence-electron chi connectivity index (χ4n) is 2.08. The van der Waals surface area contributed by atoms with Crippen LogP contribution in [0.2, 0.25) is 15.1 Å². The zero-order valence-electron chi connectivity index (χ0n) is 10.8. The predicted molar refractivity (Wildman–Crippen MR) is 83.1 cm³/mol. The Kier molecular flexibility index (Phi) is 4.60. The minimum Gasteiger partial charge on any atom is -0.321 e. The fraction of sp³-hybridized carbons (Fsp3) is 0.200.